The minimum Gasteiger partial charge on any atom is -0.355 e. The molecule has 0 spiro atoms. The highest BCUT2D eigenvalue weighted by molar-refractivity contribution is 7.80. The van der Waals surface area contributed by atoms with Crippen molar-refractivity contribution < 1.29 is 4.79 Å². The molecule has 0 unspecified atom stereocenters. The van der Waals surface area contributed by atoms with Crippen molar-refractivity contribution in [2.75, 3.05) is 30.9 Å². The van der Waals surface area contributed by atoms with E-state index in [0.29, 0.717) is 22.2 Å². The predicted molar refractivity (Wildman–Crippen MR) is 92.3 cm³/mol. The minimum atomic E-state index is -0.0382. The number of hydrogen-bond acceptors (Lipinski definition) is 3. The van der Waals surface area contributed by atoms with Gasteiger partial charge in [0.05, 0.1) is 22.5 Å². The van der Waals surface area contributed by atoms with Crippen LogP contribution in [-0.2, 0) is 11.2 Å². The van der Waals surface area contributed by atoms with Gasteiger partial charge in [-0.2, -0.15) is 5.26 Å². The summed E-state index contributed by atoms with van der Waals surface area (Å²) in [6.07, 6.45) is 1.96. The number of carbonyl (C=O) groups is 1. The Morgan fingerprint density at radius 2 is 2.23 bits per heavy atom. The molecule has 0 radical (unpaired) electrons. The molecule has 0 saturated heterocycles. The maximum absolute atomic E-state index is 12.2. The van der Waals surface area contributed by atoms with Crippen LogP contribution in [0.3, 0.4) is 0 Å². The Bertz CT molecular complexity index is 654. The second kappa shape index (κ2) is 6.95. The molecule has 0 fully saturated rings. The summed E-state index contributed by atoms with van der Waals surface area (Å²) < 4.78 is 0. The lowest BCUT2D eigenvalue weighted by molar-refractivity contribution is -0.118. The van der Waals surface area contributed by atoms with E-state index in [4.69, 9.17) is 29.1 Å². The van der Waals surface area contributed by atoms with Gasteiger partial charge in [-0.3, -0.25) is 9.69 Å². The molecule has 116 valence electrons. The van der Waals surface area contributed by atoms with Gasteiger partial charge in [0.25, 0.3) is 0 Å². The molecule has 0 aromatic heterocycles. The third-order valence-corrected chi connectivity index (χ3v) is 4.25. The van der Waals surface area contributed by atoms with Crippen LogP contribution in [0.1, 0.15) is 18.4 Å². The molecule has 0 bridgehead atoms. The maximum atomic E-state index is 12.2. The lowest BCUT2D eigenvalue weighted by atomic mass is 10.1. The van der Waals surface area contributed by atoms with Crippen LogP contribution in [0.5, 0.6) is 0 Å². The van der Waals surface area contributed by atoms with Crippen molar-refractivity contribution in [2.24, 2.45) is 0 Å². The zero-order chi connectivity index (χ0) is 16.3. The van der Waals surface area contributed by atoms with Gasteiger partial charge in [0.2, 0.25) is 5.91 Å². The summed E-state index contributed by atoms with van der Waals surface area (Å²) in [6, 6.07) is 5.69. The van der Waals surface area contributed by atoms with E-state index in [1.54, 1.807) is 11.0 Å². The lowest BCUT2D eigenvalue weighted by Crippen LogP contribution is -2.31. The van der Waals surface area contributed by atoms with Crippen LogP contribution in [0.4, 0.5) is 11.4 Å². The van der Waals surface area contributed by atoms with Crippen LogP contribution in [0.15, 0.2) is 12.1 Å². The monoisotopic (exact) mass is 336 g/mol. The van der Waals surface area contributed by atoms with E-state index in [1.807, 2.05) is 26.2 Å². The average Bonchev–Trinajstić information content (AvgIpc) is 2.60. The van der Waals surface area contributed by atoms with E-state index in [2.05, 4.69) is 5.32 Å². The van der Waals surface area contributed by atoms with Gasteiger partial charge < -0.3 is 10.2 Å². The number of halogens is 1. The summed E-state index contributed by atoms with van der Waals surface area (Å²) in [4.78, 5) is 15.5. The first-order chi connectivity index (χ1) is 10.4. The quantitative estimate of drug-likeness (QED) is 0.664. The van der Waals surface area contributed by atoms with E-state index < -0.39 is 0 Å². The topological polar surface area (TPSA) is 59.4 Å². The summed E-state index contributed by atoms with van der Waals surface area (Å²) in [5, 5.41) is 13.1. The highest BCUT2D eigenvalue weighted by Gasteiger charge is 2.23. The van der Waals surface area contributed by atoms with Crippen molar-refractivity contribution in [3.05, 3.63) is 22.7 Å². The Balaban J connectivity index is 2.45. The second-order valence-corrected chi connectivity index (χ2v) is 6.07. The number of anilines is 2. The van der Waals surface area contributed by atoms with Crippen LogP contribution in [0.25, 0.3) is 0 Å². The fourth-order valence-corrected chi connectivity index (χ4v) is 2.66. The van der Waals surface area contributed by atoms with E-state index in [-0.39, 0.29) is 12.5 Å². The molecular formula is C15H17ClN4OS. The largest absolute Gasteiger partial charge is 0.355 e. The number of hydrogen-bond donors (Lipinski definition) is 1. The number of carbonyl (C=O) groups excluding carboxylic acids is 1. The Hall–Kier alpha value is -1.84. The lowest BCUT2D eigenvalue weighted by Gasteiger charge is -2.23. The van der Waals surface area contributed by atoms with E-state index in [9.17, 15) is 4.79 Å². The molecule has 0 atom stereocenters. The molecule has 7 heteroatoms. The number of nitriles is 1. The van der Waals surface area contributed by atoms with Gasteiger partial charge >= 0.3 is 0 Å². The number of thiocarbonyl (C=S) groups is 1. The fraction of sp³-hybridized carbons (Fsp3) is 0.400. The molecule has 1 aromatic carbocycles. The van der Waals surface area contributed by atoms with Crippen molar-refractivity contribution >= 4 is 46.2 Å². The first kappa shape index (κ1) is 16.5. The van der Waals surface area contributed by atoms with Gasteiger partial charge in [-0.05, 0) is 42.8 Å². The summed E-state index contributed by atoms with van der Waals surface area (Å²) in [6.45, 7) is 0.0328. The van der Waals surface area contributed by atoms with Gasteiger partial charge in [-0.25, -0.2) is 0 Å². The first-order valence-electron chi connectivity index (χ1n) is 6.92. The second-order valence-electron chi connectivity index (χ2n) is 5.28. The number of amides is 1. The van der Waals surface area contributed by atoms with Gasteiger partial charge in [0.1, 0.15) is 6.54 Å². The molecule has 0 saturated carbocycles. The number of rotatable bonds is 2. The molecule has 2 rings (SSSR count). The average molecular weight is 337 g/mol. The standard InChI is InChI=1S/C15H17ClN4OS/c1-19(2)15(22)18-12-9-13-10(8-11(12)16)4-3-5-14(21)20(13)7-6-17/h8-9H,3-5,7H2,1-2H3,(H,18,22). The molecular weight excluding hydrogens is 320 g/mol. The predicted octanol–water partition coefficient (Wildman–Crippen LogP) is 2.79. The highest BCUT2D eigenvalue weighted by atomic mass is 35.5. The zero-order valence-electron chi connectivity index (χ0n) is 12.5. The van der Waals surface area contributed by atoms with Crippen molar-refractivity contribution in [3.8, 4) is 6.07 Å². The van der Waals surface area contributed by atoms with Gasteiger partial charge in [0.15, 0.2) is 5.11 Å². The Morgan fingerprint density at radius 3 is 2.86 bits per heavy atom. The molecule has 1 N–H and O–H groups in total. The molecule has 5 nitrogen and oxygen atoms in total. The van der Waals surface area contributed by atoms with Gasteiger partial charge in [0, 0.05) is 20.5 Å². The van der Waals surface area contributed by atoms with Crippen molar-refractivity contribution in [1.29, 1.82) is 5.26 Å². The third kappa shape index (κ3) is 3.49. The summed E-state index contributed by atoms with van der Waals surface area (Å²) in [5.74, 6) is -0.0382. The van der Waals surface area contributed by atoms with Crippen molar-refractivity contribution in [1.82, 2.24) is 4.90 Å². The van der Waals surface area contributed by atoms with E-state index >= 15 is 0 Å². The van der Waals surface area contributed by atoms with E-state index in [1.165, 1.54) is 4.90 Å². The maximum Gasteiger partial charge on any atom is 0.227 e. The SMILES string of the molecule is CN(C)C(=S)Nc1cc2c(cc1Cl)CCCC(=O)N2CC#N. The van der Waals surface area contributed by atoms with Crippen molar-refractivity contribution in [3.63, 3.8) is 0 Å². The number of nitrogens with zero attached hydrogens (tertiary/aromatic N) is 3. The summed E-state index contributed by atoms with van der Waals surface area (Å²) in [5.41, 5.74) is 2.35. The van der Waals surface area contributed by atoms with Crippen LogP contribution in [0.2, 0.25) is 5.02 Å². The molecule has 22 heavy (non-hydrogen) atoms. The third-order valence-electron chi connectivity index (χ3n) is 3.47. The van der Waals surface area contributed by atoms with Crippen LogP contribution >= 0.6 is 23.8 Å². The zero-order valence-corrected chi connectivity index (χ0v) is 14.1. The van der Waals surface area contributed by atoms with E-state index in [0.717, 1.165) is 24.1 Å². The van der Waals surface area contributed by atoms with Gasteiger partial charge in [-0.15, -0.1) is 0 Å². The summed E-state index contributed by atoms with van der Waals surface area (Å²) in [7, 11) is 3.66. The molecule has 1 aliphatic rings. The number of aryl methyl sites for hydroxylation is 1. The highest BCUT2D eigenvalue weighted by Crippen LogP contribution is 2.35. The molecule has 0 aliphatic carbocycles. The minimum absolute atomic E-state index is 0.0328. The molecule has 1 aliphatic heterocycles. The summed E-state index contributed by atoms with van der Waals surface area (Å²) >= 11 is 11.5. The molecule has 1 heterocycles. The normalized spacial score (nSPS) is 13.9. The smallest absolute Gasteiger partial charge is 0.227 e. The first-order valence-corrected chi connectivity index (χ1v) is 7.70. The van der Waals surface area contributed by atoms with Gasteiger partial charge in [-0.1, -0.05) is 11.6 Å². The number of fused-ring (bicyclic) bond motifs is 1. The Kier molecular flexibility index (Phi) is 5.22. The number of benzene rings is 1. The number of nitrogens with one attached hydrogen (secondary N) is 1. The van der Waals surface area contributed by atoms with Crippen LogP contribution < -0.4 is 10.2 Å². The Morgan fingerprint density at radius 1 is 1.50 bits per heavy atom. The Labute approximate surface area is 140 Å². The molecule has 1 amide bonds. The van der Waals surface area contributed by atoms with Crippen LogP contribution in [-0.4, -0.2) is 36.6 Å². The van der Waals surface area contributed by atoms with Crippen LogP contribution in [0, 0.1) is 11.3 Å². The van der Waals surface area contributed by atoms with Crippen molar-refractivity contribution in [2.45, 2.75) is 19.3 Å². The fourth-order valence-electron chi connectivity index (χ4n) is 2.32. The molecule has 1 aromatic rings.